The van der Waals surface area contributed by atoms with Crippen LogP contribution in [0.3, 0.4) is 0 Å². The molecule has 0 amide bonds. The van der Waals surface area contributed by atoms with Crippen molar-refractivity contribution in [1.82, 2.24) is 5.32 Å². The van der Waals surface area contributed by atoms with Gasteiger partial charge in [0.1, 0.15) is 5.75 Å². The molecule has 0 radical (unpaired) electrons. The van der Waals surface area contributed by atoms with E-state index in [2.05, 4.69) is 5.32 Å². The van der Waals surface area contributed by atoms with E-state index in [4.69, 9.17) is 14.6 Å². The van der Waals surface area contributed by atoms with E-state index in [0.29, 0.717) is 17.6 Å². The molecule has 29 heavy (non-hydrogen) atoms. The average Bonchev–Trinajstić information content (AvgIpc) is 2.61. The number of alkyl halides is 3. The summed E-state index contributed by atoms with van der Waals surface area (Å²) in [4.78, 5) is 21.0. The quantitative estimate of drug-likeness (QED) is 0.636. The second-order valence-electron chi connectivity index (χ2n) is 6.85. The number of allylic oxidation sites excluding steroid dienone is 2. The highest BCUT2D eigenvalue weighted by Crippen LogP contribution is 2.49. The molecule has 5 N–H and O–H groups in total. The molecule has 1 aliphatic heterocycles. The van der Waals surface area contributed by atoms with Gasteiger partial charge in [0, 0.05) is 18.0 Å². The van der Waals surface area contributed by atoms with Crippen molar-refractivity contribution in [3.63, 3.8) is 0 Å². The van der Waals surface area contributed by atoms with Crippen LogP contribution in [0.2, 0.25) is 0 Å². The molecule has 4 rings (SSSR count). The number of benzene rings is 1. The van der Waals surface area contributed by atoms with Gasteiger partial charge in [-0.3, -0.25) is 4.79 Å². The number of carbonyl (C=O) groups excluding carboxylic acids is 1. The molecule has 0 saturated carbocycles. The standard InChI is InChI=1S/C17H17NO3.C2HF3O2.H2O/c1-21-16-8-17-7-12(18-9-11(17)6-15(16)20)4-10-5-13(19)2-3-14(10)17;3-2(4,5)1(6)7;/h2-3,5-6,8,12,18-19H,4,7,9H2,1H3;(H,6,7);1H2. The topological polar surface area (TPSA) is 127 Å². The van der Waals surface area contributed by atoms with Crippen LogP contribution in [0.4, 0.5) is 13.2 Å². The van der Waals surface area contributed by atoms with Gasteiger partial charge in [-0.2, -0.15) is 13.2 Å². The van der Waals surface area contributed by atoms with Crippen molar-refractivity contribution in [2.45, 2.75) is 30.5 Å². The predicted molar refractivity (Wildman–Crippen MR) is 95.4 cm³/mol. The number of ketones is 1. The average molecular weight is 415 g/mol. The Morgan fingerprint density at radius 2 is 2.00 bits per heavy atom. The largest absolute Gasteiger partial charge is 0.508 e. The summed E-state index contributed by atoms with van der Waals surface area (Å²) in [7, 11) is 1.54. The van der Waals surface area contributed by atoms with Crippen molar-refractivity contribution < 1.29 is 43.2 Å². The maximum absolute atomic E-state index is 12.1. The van der Waals surface area contributed by atoms with Crippen LogP contribution in [0.1, 0.15) is 17.5 Å². The Hall–Kier alpha value is -2.85. The van der Waals surface area contributed by atoms with Crippen LogP contribution in [0.5, 0.6) is 5.75 Å². The van der Waals surface area contributed by atoms with Gasteiger partial charge in [-0.05, 0) is 53.8 Å². The zero-order valence-corrected chi connectivity index (χ0v) is 15.3. The number of halogens is 3. The van der Waals surface area contributed by atoms with Gasteiger partial charge in [-0.25, -0.2) is 4.79 Å². The molecule has 2 bridgehead atoms. The first-order chi connectivity index (χ1) is 13.1. The molecular weight excluding hydrogens is 395 g/mol. The zero-order chi connectivity index (χ0) is 20.7. The van der Waals surface area contributed by atoms with E-state index in [-0.39, 0.29) is 16.7 Å². The first-order valence-electron chi connectivity index (χ1n) is 8.45. The van der Waals surface area contributed by atoms with E-state index < -0.39 is 12.1 Å². The molecule has 7 nitrogen and oxygen atoms in total. The molecule has 2 atom stereocenters. The van der Waals surface area contributed by atoms with E-state index >= 15 is 0 Å². The number of piperidine rings is 1. The highest BCUT2D eigenvalue weighted by atomic mass is 19.4. The molecule has 1 saturated heterocycles. The van der Waals surface area contributed by atoms with Crippen molar-refractivity contribution in [2.24, 2.45) is 0 Å². The lowest BCUT2D eigenvalue weighted by Crippen LogP contribution is -2.53. The second-order valence-corrected chi connectivity index (χ2v) is 6.85. The van der Waals surface area contributed by atoms with Gasteiger partial charge in [0.2, 0.25) is 5.78 Å². The minimum Gasteiger partial charge on any atom is -0.508 e. The lowest BCUT2D eigenvalue weighted by molar-refractivity contribution is -0.192. The Bertz CT molecular complexity index is 892. The molecule has 1 fully saturated rings. The number of carbonyl (C=O) groups is 2. The van der Waals surface area contributed by atoms with E-state index in [0.717, 1.165) is 30.5 Å². The monoisotopic (exact) mass is 415 g/mol. The summed E-state index contributed by atoms with van der Waals surface area (Å²) in [5.74, 6) is -2.12. The van der Waals surface area contributed by atoms with Crippen LogP contribution in [0, 0.1) is 0 Å². The SMILES string of the molecule is COC1=CC23CC(Cc4cc(O)ccc42)NCC3=CC1=O.O.O=C(O)C(F)(F)F. The summed E-state index contributed by atoms with van der Waals surface area (Å²) >= 11 is 0. The number of carboxylic acids is 1. The minimum atomic E-state index is -5.08. The third-order valence-electron chi connectivity index (χ3n) is 5.15. The number of hydrogen-bond acceptors (Lipinski definition) is 5. The summed E-state index contributed by atoms with van der Waals surface area (Å²) in [6, 6.07) is 5.91. The second kappa shape index (κ2) is 7.88. The van der Waals surface area contributed by atoms with Crippen LogP contribution in [0.15, 0.2) is 41.7 Å². The number of rotatable bonds is 1. The highest BCUT2D eigenvalue weighted by molar-refractivity contribution is 6.05. The van der Waals surface area contributed by atoms with Crippen LogP contribution in [-0.2, 0) is 26.2 Å². The van der Waals surface area contributed by atoms with Gasteiger partial charge in [0.05, 0.1) is 7.11 Å². The predicted octanol–water partition coefficient (Wildman–Crippen LogP) is 1.40. The number of phenols is 1. The summed E-state index contributed by atoms with van der Waals surface area (Å²) in [5.41, 5.74) is 3.16. The van der Waals surface area contributed by atoms with E-state index in [1.165, 1.54) is 5.56 Å². The first kappa shape index (κ1) is 22.4. The van der Waals surface area contributed by atoms with Gasteiger partial charge in [-0.15, -0.1) is 0 Å². The fourth-order valence-electron chi connectivity index (χ4n) is 3.97. The smallest absolute Gasteiger partial charge is 0.490 e. The molecule has 1 spiro atoms. The number of carboxylic acid groups (broad SMARTS) is 1. The Morgan fingerprint density at radius 3 is 2.59 bits per heavy atom. The van der Waals surface area contributed by atoms with E-state index in [1.807, 2.05) is 18.2 Å². The van der Waals surface area contributed by atoms with Crippen molar-refractivity contribution in [1.29, 1.82) is 0 Å². The van der Waals surface area contributed by atoms with Gasteiger partial charge < -0.3 is 25.7 Å². The minimum absolute atomic E-state index is 0. The Morgan fingerprint density at radius 1 is 1.34 bits per heavy atom. The number of ether oxygens (including phenoxy) is 1. The van der Waals surface area contributed by atoms with Crippen molar-refractivity contribution in [3.05, 3.63) is 52.8 Å². The number of hydrogen-bond donors (Lipinski definition) is 3. The van der Waals surface area contributed by atoms with Gasteiger partial charge in [0.25, 0.3) is 0 Å². The van der Waals surface area contributed by atoms with Crippen molar-refractivity contribution in [2.75, 3.05) is 13.7 Å². The third kappa shape index (κ3) is 4.13. The molecule has 158 valence electrons. The number of nitrogens with one attached hydrogen (secondary N) is 1. The molecule has 1 heterocycles. The molecule has 2 aliphatic carbocycles. The zero-order valence-electron chi connectivity index (χ0n) is 15.3. The molecule has 1 aromatic rings. The van der Waals surface area contributed by atoms with Crippen LogP contribution in [0.25, 0.3) is 0 Å². The normalized spacial score (nSPS) is 24.4. The number of fused-ring (bicyclic) bond motifs is 2. The van der Waals surface area contributed by atoms with Gasteiger partial charge in [0.15, 0.2) is 5.76 Å². The molecular formula is C19H20F3NO6. The summed E-state index contributed by atoms with van der Waals surface area (Å²) in [6.45, 7) is 0.726. The summed E-state index contributed by atoms with van der Waals surface area (Å²) < 4.78 is 37.0. The summed E-state index contributed by atoms with van der Waals surface area (Å²) in [5, 5.41) is 20.4. The first-order valence-corrected chi connectivity index (χ1v) is 8.45. The number of phenolic OH excluding ortho intramolecular Hbond substituents is 1. The summed E-state index contributed by atoms with van der Waals surface area (Å²) in [6.07, 6.45) is 0.442. The number of aromatic hydroxyl groups is 1. The lowest BCUT2D eigenvalue weighted by Gasteiger charge is -2.48. The maximum Gasteiger partial charge on any atom is 0.490 e. The van der Waals surface area contributed by atoms with Crippen LogP contribution in [-0.4, -0.2) is 53.3 Å². The van der Waals surface area contributed by atoms with Crippen LogP contribution < -0.4 is 5.32 Å². The lowest BCUT2D eigenvalue weighted by atomic mass is 9.60. The van der Waals surface area contributed by atoms with Crippen LogP contribution >= 0.6 is 0 Å². The molecule has 10 heteroatoms. The third-order valence-corrected chi connectivity index (χ3v) is 5.15. The maximum atomic E-state index is 12.1. The fraction of sp³-hybridized carbons (Fsp3) is 0.368. The number of methoxy groups -OCH3 is 1. The Balaban J connectivity index is 0.000000327. The molecule has 1 aromatic carbocycles. The highest BCUT2D eigenvalue weighted by Gasteiger charge is 2.47. The van der Waals surface area contributed by atoms with Gasteiger partial charge >= 0.3 is 12.1 Å². The molecule has 0 aromatic heterocycles. The Kier molecular flexibility index (Phi) is 6.10. The molecule has 2 unspecified atom stereocenters. The van der Waals surface area contributed by atoms with Gasteiger partial charge in [-0.1, -0.05) is 6.07 Å². The number of aliphatic carboxylic acids is 1. The van der Waals surface area contributed by atoms with Crippen molar-refractivity contribution >= 4 is 11.8 Å². The molecule has 3 aliphatic rings. The van der Waals surface area contributed by atoms with E-state index in [1.54, 1.807) is 19.3 Å². The van der Waals surface area contributed by atoms with E-state index in [9.17, 15) is 23.1 Å². The fourth-order valence-corrected chi connectivity index (χ4v) is 3.97. The Labute approximate surface area is 163 Å². The van der Waals surface area contributed by atoms with Crippen molar-refractivity contribution in [3.8, 4) is 5.75 Å².